The zero-order valence-electron chi connectivity index (χ0n) is 16.9. The van der Waals surface area contributed by atoms with Gasteiger partial charge < -0.3 is 5.11 Å². The highest BCUT2D eigenvalue weighted by molar-refractivity contribution is 5.95. The lowest BCUT2D eigenvalue weighted by Gasteiger charge is -2.00. The third-order valence-corrected chi connectivity index (χ3v) is 3.90. The molecule has 0 heterocycles. The van der Waals surface area contributed by atoms with Gasteiger partial charge >= 0.3 is 0 Å². The van der Waals surface area contributed by atoms with E-state index in [1.54, 1.807) is 0 Å². The first-order valence-electron chi connectivity index (χ1n) is 10.2. The summed E-state index contributed by atoms with van der Waals surface area (Å²) in [5.74, 6) is -0.978. The first-order valence-corrected chi connectivity index (χ1v) is 10.2. The summed E-state index contributed by atoms with van der Waals surface area (Å²) in [7, 11) is 0. The Morgan fingerprint density at radius 2 is 1.22 bits per heavy atom. The number of carbonyl (C=O) groups excluding carboxylic acids is 2. The molecule has 0 spiro atoms. The van der Waals surface area contributed by atoms with Crippen LogP contribution in [0.1, 0.15) is 77.6 Å². The molecule has 2 amide bonds. The van der Waals surface area contributed by atoms with Crippen LogP contribution in [0.4, 0.5) is 0 Å². The van der Waals surface area contributed by atoms with Gasteiger partial charge in [0, 0.05) is 6.42 Å². The summed E-state index contributed by atoms with van der Waals surface area (Å²) in [5, 5.41) is 10.6. The summed E-state index contributed by atoms with van der Waals surface area (Å²) in [5.41, 5.74) is 0. The first kappa shape index (κ1) is 25.1. The van der Waals surface area contributed by atoms with Gasteiger partial charge in [0.2, 0.25) is 5.91 Å². The maximum absolute atomic E-state index is 11.3. The highest BCUT2D eigenvalue weighted by atomic mass is 16.3. The number of aliphatic hydroxyl groups is 1. The van der Waals surface area contributed by atoms with Gasteiger partial charge in [-0.1, -0.05) is 74.8 Å². The fourth-order valence-corrected chi connectivity index (χ4v) is 2.38. The van der Waals surface area contributed by atoms with E-state index in [0.29, 0.717) is 12.8 Å². The Hall–Kier alpha value is -1.94. The second kappa shape index (κ2) is 20.4. The molecule has 0 aromatic heterocycles. The number of rotatable bonds is 16. The maximum Gasteiger partial charge on any atom is 0.252 e. The van der Waals surface area contributed by atoms with Crippen molar-refractivity contribution in [2.45, 2.75) is 77.6 Å². The fourth-order valence-electron chi connectivity index (χ4n) is 2.38. The van der Waals surface area contributed by atoms with E-state index in [9.17, 15) is 9.59 Å². The van der Waals surface area contributed by atoms with Gasteiger partial charge in [-0.3, -0.25) is 14.9 Å². The molecule has 4 heteroatoms. The van der Waals surface area contributed by atoms with E-state index in [1.165, 1.54) is 32.1 Å². The molecule has 0 aliphatic heterocycles. The van der Waals surface area contributed by atoms with E-state index >= 15 is 0 Å². The van der Waals surface area contributed by atoms with Gasteiger partial charge in [-0.05, 0) is 44.9 Å². The second-order valence-electron chi connectivity index (χ2n) is 6.46. The Labute approximate surface area is 165 Å². The molecule has 0 aliphatic carbocycles. The zero-order chi connectivity index (χ0) is 20.0. The third-order valence-electron chi connectivity index (χ3n) is 3.90. The normalized spacial score (nSPS) is 12.1. The molecule has 0 atom stereocenters. The Kier molecular flexibility index (Phi) is 18.9. The van der Waals surface area contributed by atoms with Crippen LogP contribution in [0.15, 0.2) is 48.6 Å². The summed E-state index contributed by atoms with van der Waals surface area (Å²) >= 11 is 0. The maximum atomic E-state index is 11.3. The van der Waals surface area contributed by atoms with E-state index in [0.717, 1.165) is 25.7 Å². The highest BCUT2D eigenvalue weighted by Crippen LogP contribution is 2.03. The zero-order valence-corrected chi connectivity index (χ0v) is 16.9. The van der Waals surface area contributed by atoms with Crippen LogP contribution in [0.2, 0.25) is 0 Å². The number of hydrogen-bond donors (Lipinski definition) is 2. The first-order chi connectivity index (χ1) is 13.2. The molecule has 0 aromatic carbocycles. The monoisotopic (exact) mass is 375 g/mol. The molecule has 152 valence electrons. The Bertz CT molecular complexity index is 490. The highest BCUT2D eigenvalue weighted by Gasteiger charge is 2.04. The van der Waals surface area contributed by atoms with Crippen LogP contribution in [-0.4, -0.2) is 23.5 Å². The van der Waals surface area contributed by atoms with Gasteiger partial charge in [-0.15, -0.1) is 0 Å². The molecular formula is C23H37NO3. The van der Waals surface area contributed by atoms with Crippen LogP contribution in [-0.2, 0) is 9.59 Å². The van der Waals surface area contributed by atoms with Crippen molar-refractivity contribution in [3.8, 4) is 0 Å². The van der Waals surface area contributed by atoms with Gasteiger partial charge in [0.25, 0.3) is 5.91 Å². The number of nitrogens with one attached hydrogen (secondary N) is 1. The number of unbranched alkanes of at least 4 members (excludes halogenated alkanes) is 5. The van der Waals surface area contributed by atoms with Crippen molar-refractivity contribution in [3.05, 3.63) is 48.6 Å². The van der Waals surface area contributed by atoms with E-state index in [1.807, 2.05) is 6.08 Å². The molecule has 2 N–H and O–H groups in total. The van der Waals surface area contributed by atoms with Crippen LogP contribution in [0.3, 0.4) is 0 Å². The summed E-state index contributed by atoms with van der Waals surface area (Å²) in [6.07, 6.45) is 28.5. The molecule has 0 saturated carbocycles. The van der Waals surface area contributed by atoms with Crippen molar-refractivity contribution in [2.24, 2.45) is 0 Å². The van der Waals surface area contributed by atoms with Crippen molar-refractivity contribution in [1.82, 2.24) is 5.32 Å². The van der Waals surface area contributed by atoms with Gasteiger partial charge in [-0.25, -0.2) is 0 Å². The molecule has 27 heavy (non-hydrogen) atoms. The number of imide groups is 1. The number of aliphatic hydroxyl groups excluding tert-OH is 1. The minimum atomic E-state index is -0.650. The molecule has 0 saturated heterocycles. The lowest BCUT2D eigenvalue weighted by molar-refractivity contribution is -0.132. The molecule has 0 aliphatic rings. The predicted octanol–water partition coefficient (Wildman–Crippen LogP) is 5.16. The largest absolute Gasteiger partial charge is 0.387 e. The average molecular weight is 376 g/mol. The van der Waals surface area contributed by atoms with E-state index < -0.39 is 12.5 Å². The molecule has 0 aromatic rings. The number of carbonyl (C=O) groups is 2. The summed E-state index contributed by atoms with van der Waals surface area (Å²) in [4.78, 5) is 22.1. The van der Waals surface area contributed by atoms with Crippen molar-refractivity contribution < 1.29 is 14.7 Å². The molecule has 0 unspecified atom stereocenters. The minimum Gasteiger partial charge on any atom is -0.387 e. The van der Waals surface area contributed by atoms with Crippen LogP contribution in [0.5, 0.6) is 0 Å². The van der Waals surface area contributed by atoms with Crippen molar-refractivity contribution in [2.75, 3.05) is 6.61 Å². The molecule has 0 radical (unpaired) electrons. The van der Waals surface area contributed by atoms with Gasteiger partial charge in [0.15, 0.2) is 0 Å². The van der Waals surface area contributed by atoms with Crippen LogP contribution in [0, 0.1) is 0 Å². The van der Waals surface area contributed by atoms with Gasteiger partial charge in [-0.2, -0.15) is 0 Å². The second-order valence-corrected chi connectivity index (χ2v) is 6.46. The molecule has 0 rings (SSSR count). The van der Waals surface area contributed by atoms with Crippen LogP contribution in [0.25, 0.3) is 0 Å². The van der Waals surface area contributed by atoms with Crippen molar-refractivity contribution >= 4 is 11.8 Å². The van der Waals surface area contributed by atoms with Crippen LogP contribution >= 0.6 is 0 Å². The van der Waals surface area contributed by atoms with E-state index in [-0.39, 0.29) is 5.91 Å². The van der Waals surface area contributed by atoms with Crippen molar-refractivity contribution in [1.29, 1.82) is 0 Å². The Balaban J connectivity index is 3.50. The standard InChI is InChI=1S/C23H37NO3/c1-2-3-4-5-6-7-8-9-10-11-12-13-14-15-16-17-18-19-20-22(26)24-23(27)21-25/h7-8,10-11,13-14,16-17,25H,2-6,9,12,15,18-21H2,1H3,(H,24,26,27)/b8-7-,11-10-,14-13-,17-16-. The van der Waals surface area contributed by atoms with Gasteiger partial charge in [0.05, 0.1) is 0 Å². The molecule has 4 nitrogen and oxygen atoms in total. The van der Waals surface area contributed by atoms with Crippen LogP contribution < -0.4 is 5.32 Å². The van der Waals surface area contributed by atoms with Crippen molar-refractivity contribution in [3.63, 3.8) is 0 Å². The predicted molar refractivity (Wildman–Crippen MR) is 113 cm³/mol. The SMILES string of the molecule is CCCCCC/C=C\C/C=C\C/C=C\C/C=C\CCCC(=O)NC(=O)CO. The van der Waals surface area contributed by atoms with Gasteiger partial charge in [0.1, 0.15) is 6.61 Å². The number of allylic oxidation sites excluding steroid dienone is 8. The number of hydrogen-bond acceptors (Lipinski definition) is 3. The van der Waals surface area contributed by atoms with E-state index in [2.05, 4.69) is 54.8 Å². The smallest absolute Gasteiger partial charge is 0.252 e. The lowest BCUT2D eigenvalue weighted by Crippen LogP contribution is -2.32. The van der Waals surface area contributed by atoms with E-state index in [4.69, 9.17) is 5.11 Å². The fraction of sp³-hybridized carbons (Fsp3) is 0.565. The minimum absolute atomic E-state index is 0.296. The summed E-state index contributed by atoms with van der Waals surface area (Å²) in [6, 6.07) is 0. The summed E-state index contributed by atoms with van der Waals surface area (Å²) in [6.45, 7) is 1.59. The quantitative estimate of drug-likeness (QED) is 0.289. The molecular weight excluding hydrogens is 338 g/mol. The molecule has 0 fully saturated rings. The lowest BCUT2D eigenvalue weighted by atomic mass is 10.1. The number of amides is 2. The Morgan fingerprint density at radius 1 is 0.704 bits per heavy atom. The molecule has 0 bridgehead atoms. The average Bonchev–Trinajstić information content (AvgIpc) is 2.66. The summed E-state index contributed by atoms with van der Waals surface area (Å²) < 4.78 is 0. The Morgan fingerprint density at radius 3 is 1.74 bits per heavy atom. The third kappa shape index (κ3) is 20.2. The topological polar surface area (TPSA) is 66.4 Å².